The Morgan fingerprint density at radius 3 is 3.06 bits per heavy atom. The number of hydrogen-bond donors (Lipinski definition) is 2. The molecule has 0 spiro atoms. The molecule has 1 aliphatic carbocycles. The van der Waals surface area contributed by atoms with E-state index in [1.54, 1.807) is 0 Å². The number of aryl methyl sites for hydroxylation is 2. The van der Waals surface area contributed by atoms with E-state index in [9.17, 15) is 0 Å². The number of fused-ring (bicyclic) bond motifs is 3. The average Bonchev–Trinajstić information content (AvgIpc) is 2.77. The van der Waals surface area contributed by atoms with Gasteiger partial charge in [-0.15, -0.1) is 0 Å². The van der Waals surface area contributed by atoms with E-state index in [1.165, 1.54) is 47.0 Å². The van der Waals surface area contributed by atoms with Gasteiger partial charge in [0.15, 0.2) is 0 Å². The van der Waals surface area contributed by atoms with Crippen LogP contribution in [0.25, 0.3) is 10.9 Å². The molecular weight excluding hydrogens is 208 g/mol. The summed E-state index contributed by atoms with van der Waals surface area (Å²) in [4.78, 5) is 3.66. The van der Waals surface area contributed by atoms with Gasteiger partial charge in [-0.05, 0) is 36.8 Å². The minimum absolute atomic E-state index is 0.538. The molecule has 1 aliphatic rings. The first-order valence-corrected chi connectivity index (χ1v) is 6.67. The molecule has 2 nitrogen and oxygen atoms in total. The molecule has 3 N–H and O–H groups in total. The molecule has 1 aromatic carbocycles. The minimum Gasteiger partial charge on any atom is -0.358 e. The number of H-pyrrole nitrogens is 1. The number of aromatic amines is 1. The van der Waals surface area contributed by atoms with Crippen LogP contribution in [0.1, 0.15) is 42.5 Å². The SMILES string of the molecule is CCc1cccc2c3c([nH]c12)C(CN)CCC3. The second-order valence-corrected chi connectivity index (χ2v) is 5.04. The summed E-state index contributed by atoms with van der Waals surface area (Å²) in [5, 5.41) is 1.43. The molecule has 1 unspecified atom stereocenters. The van der Waals surface area contributed by atoms with E-state index in [0.717, 1.165) is 13.0 Å². The second-order valence-electron chi connectivity index (χ2n) is 5.04. The number of para-hydroxylation sites is 1. The maximum atomic E-state index is 5.89. The fourth-order valence-electron chi connectivity index (χ4n) is 3.17. The zero-order chi connectivity index (χ0) is 11.8. The average molecular weight is 228 g/mol. The third-order valence-electron chi connectivity index (χ3n) is 4.11. The van der Waals surface area contributed by atoms with Gasteiger partial charge in [-0.1, -0.05) is 25.1 Å². The largest absolute Gasteiger partial charge is 0.358 e. The Labute approximate surface area is 102 Å². The summed E-state index contributed by atoms with van der Waals surface area (Å²) in [6.45, 7) is 2.98. The fraction of sp³-hybridized carbons (Fsp3) is 0.467. The van der Waals surface area contributed by atoms with Crippen LogP contribution in [0.2, 0.25) is 0 Å². The predicted molar refractivity (Wildman–Crippen MR) is 72.4 cm³/mol. The topological polar surface area (TPSA) is 41.8 Å². The van der Waals surface area contributed by atoms with E-state index in [4.69, 9.17) is 5.73 Å². The number of benzene rings is 1. The quantitative estimate of drug-likeness (QED) is 0.814. The molecular formula is C15H20N2. The van der Waals surface area contributed by atoms with Gasteiger partial charge in [0, 0.05) is 29.1 Å². The first kappa shape index (κ1) is 10.8. The summed E-state index contributed by atoms with van der Waals surface area (Å²) >= 11 is 0. The lowest BCUT2D eigenvalue weighted by Gasteiger charge is -2.20. The Morgan fingerprint density at radius 1 is 1.41 bits per heavy atom. The second kappa shape index (κ2) is 4.19. The monoisotopic (exact) mass is 228 g/mol. The molecule has 1 heterocycles. The highest BCUT2D eigenvalue weighted by atomic mass is 14.8. The van der Waals surface area contributed by atoms with Crippen LogP contribution < -0.4 is 5.73 Å². The molecule has 3 rings (SSSR count). The minimum atomic E-state index is 0.538. The maximum absolute atomic E-state index is 5.89. The summed E-state index contributed by atoms with van der Waals surface area (Å²) in [6, 6.07) is 6.66. The van der Waals surface area contributed by atoms with Gasteiger partial charge in [0.25, 0.3) is 0 Å². The fourth-order valence-corrected chi connectivity index (χ4v) is 3.17. The van der Waals surface area contributed by atoms with Crippen molar-refractivity contribution in [2.24, 2.45) is 5.73 Å². The highest BCUT2D eigenvalue weighted by Gasteiger charge is 2.23. The van der Waals surface area contributed by atoms with E-state index in [0.29, 0.717) is 5.92 Å². The summed E-state index contributed by atoms with van der Waals surface area (Å²) in [7, 11) is 0. The smallest absolute Gasteiger partial charge is 0.0491 e. The van der Waals surface area contributed by atoms with Crippen molar-refractivity contribution in [2.45, 2.75) is 38.5 Å². The Kier molecular flexibility index (Phi) is 2.67. The molecule has 90 valence electrons. The van der Waals surface area contributed by atoms with Gasteiger partial charge in [-0.2, -0.15) is 0 Å². The van der Waals surface area contributed by atoms with Crippen molar-refractivity contribution < 1.29 is 0 Å². The van der Waals surface area contributed by atoms with Crippen molar-refractivity contribution in [3.05, 3.63) is 35.0 Å². The van der Waals surface area contributed by atoms with Crippen molar-refractivity contribution in [3.63, 3.8) is 0 Å². The van der Waals surface area contributed by atoms with Crippen LogP contribution in [0.5, 0.6) is 0 Å². The van der Waals surface area contributed by atoms with E-state index in [1.807, 2.05) is 0 Å². The van der Waals surface area contributed by atoms with Crippen molar-refractivity contribution in [2.75, 3.05) is 6.54 Å². The first-order chi connectivity index (χ1) is 8.35. The highest BCUT2D eigenvalue weighted by molar-refractivity contribution is 5.87. The molecule has 1 atom stereocenters. The lowest BCUT2D eigenvalue weighted by molar-refractivity contribution is 0.553. The van der Waals surface area contributed by atoms with E-state index in [2.05, 4.69) is 30.1 Å². The Hall–Kier alpha value is -1.28. The number of hydrogen-bond acceptors (Lipinski definition) is 1. The molecule has 2 heteroatoms. The van der Waals surface area contributed by atoms with Gasteiger partial charge < -0.3 is 10.7 Å². The van der Waals surface area contributed by atoms with E-state index >= 15 is 0 Å². The van der Waals surface area contributed by atoms with Crippen LogP contribution >= 0.6 is 0 Å². The van der Waals surface area contributed by atoms with Gasteiger partial charge in [0.05, 0.1) is 0 Å². The Balaban J connectivity index is 2.25. The highest BCUT2D eigenvalue weighted by Crippen LogP contribution is 2.36. The van der Waals surface area contributed by atoms with Crippen LogP contribution in [-0.4, -0.2) is 11.5 Å². The van der Waals surface area contributed by atoms with Crippen molar-refractivity contribution in [1.29, 1.82) is 0 Å². The van der Waals surface area contributed by atoms with Gasteiger partial charge in [0.1, 0.15) is 0 Å². The molecule has 0 radical (unpaired) electrons. The molecule has 2 aromatic rings. The number of nitrogens with two attached hydrogens (primary N) is 1. The Morgan fingerprint density at radius 2 is 2.29 bits per heavy atom. The van der Waals surface area contributed by atoms with Crippen LogP contribution in [-0.2, 0) is 12.8 Å². The molecule has 0 bridgehead atoms. The number of nitrogens with one attached hydrogen (secondary N) is 1. The third kappa shape index (κ3) is 1.59. The third-order valence-corrected chi connectivity index (χ3v) is 4.11. The van der Waals surface area contributed by atoms with Crippen LogP contribution in [0, 0.1) is 0 Å². The first-order valence-electron chi connectivity index (χ1n) is 6.67. The molecule has 1 aromatic heterocycles. The van der Waals surface area contributed by atoms with Gasteiger partial charge in [-0.3, -0.25) is 0 Å². The molecule has 0 amide bonds. The zero-order valence-electron chi connectivity index (χ0n) is 10.4. The van der Waals surface area contributed by atoms with E-state index in [-0.39, 0.29) is 0 Å². The summed E-state index contributed by atoms with van der Waals surface area (Å²) in [6.07, 6.45) is 4.80. The van der Waals surface area contributed by atoms with Crippen LogP contribution in [0.15, 0.2) is 18.2 Å². The predicted octanol–water partition coefficient (Wildman–Crippen LogP) is 3.11. The zero-order valence-corrected chi connectivity index (χ0v) is 10.4. The number of rotatable bonds is 2. The van der Waals surface area contributed by atoms with Crippen molar-refractivity contribution in [1.82, 2.24) is 4.98 Å². The maximum Gasteiger partial charge on any atom is 0.0491 e. The van der Waals surface area contributed by atoms with Crippen LogP contribution in [0.4, 0.5) is 0 Å². The molecule has 0 saturated carbocycles. The van der Waals surface area contributed by atoms with Gasteiger partial charge in [0.2, 0.25) is 0 Å². The summed E-state index contributed by atoms with van der Waals surface area (Å²) in [5.41, 5.74) is 11.6. The lowest BCUT2D eigenvalue weighted by Crippen LogP contribution is -2.17. The molecule has 0 fully saturated rings. The van der Waals surface area contributed by atoms with Gasteiger partial charge >= 0.3 is 0 Å². The molecule has 0 aliphatic heterocycles. The molecule has 17 heavy (non-hydrogen) atoms. The standard InChI is InChI=1S/C15H20N2/c1-2-10-5-3-7-12-13-8-4-6-11(9-16)15(13)17-14(10)12/h3,5,7,11,17H,2,4,6,8-9,16H2,1H3. The molecule has 0 saturated heterocycles. The lowest BCUT2D eigenvalue weighted by atomic mass is 9.87. The summed E-state index contributed by atoms with van der Waals surface area (Å²) < 4.78 is 0. The number of aromatic nitrogens is 1. The van der Waals surface area contributed by atoms with Crippen molar-refractivity contribution in [3.8, 4) is 0 Å². The Bertz CT molecular complexity index is 539. The summed E-state index contributed by atoms with van der Waals surface area (Å²) in [5.74, 6) is 0.538. The van der Waals surface area contributed by atoms with Crippen molar-refractivity contribution >= 4 is 10.9 Å². The van der Waals surface area contributed by atoms with Crippen LogP contribution in [0.3, 0.4) is 0 Å². The van der Waals surface area contributed by atoms with Gasteiger partial charge in [-0.25, -0.2) is 0 Å². The normalized spacial score (nSPS) is 19.5. The van der Waals surface area contributed by atoms with E-state index < -0.39 is 0 Å².